The van der Waals surface area contributed by atoms with Gasteiger partial charge in [-0.15, -0.1) is 0 Å². The van der Waals surface area contributed by atoms with Crippen LogP contribution in [-0.4, -0.2) is 21.0 Å². The van der Waals surface area contributed by atoms with Crippen LogP contribution >= 0.6 is 0 Å². The van der Waals surface area contributed by atoms with E-state index in [-0.39, 0.29) is 12.3 Å². The zero-order valence-electron chi connectivity index (χ0n) is 9.66. The molecule has 0 fully saturated rings. The van der Waals surface area contributed by atoms with Crippen LogP contribution in [-0.2, 0) is 24.1 Å². The smallest absolute Gasteiger partial charge is 0.309 e. The van der Waals surface area contributed by atoms with E-state index in [0.29, 0.717) is 0 Å². The lowest BCUT2D eigenvalue weighted by atomic mass is 10.1. The van der Waals surface area contributed by atoms with E-state index in [0.717, 1.165) is 42.0 Å². The molecule has 0 aliphatic heterocycles. The highest BCUT2D eigenvalue weighted by Crippen LogP contribution is 2.25. The molecule has 86 valence electrons. The molecule has 0 atom stereocenters. The first kappa shape index (κ1) is 11.0. The van der Waals surface area contributed by atoms with Crippen LogP contribution in [0.1, 0.15) is 49.0 Å². The van der Waals surface area contributed by atoms with Crippen molar-refractivity contribution in [3.63, 3.8) is 0 Å². The maximum atomic E-state index is 10.8. The quantitative estimate of drug-likeness (QED) is 0.842. The summed E-state index contributed by atoms with van der Waals surface area (Å²) < 4.78 is 0. The van der Waals surface area contributed by atoms with Gasteiger partial charge in [-0.05, 0) is 24.8 Å². The van der Waals surface area contributed by atoms with Crippen LogP contribution in [0, 0.1) is 0 Å². The van der Waals surface area contributed by atoms with E-state index in [4.69, 9.17) is 5.11 Å². The Hall–Kier alpha value is -1.45. The summed E-state index contributed by atoms with van der Waals surface area (Å²) in [5, 5.41) is 8.87. The maximum Gasteiger partial charge on any atom is 0.309 e. The van der Waals surface area contributed by atoms with Crippen molar-refractivity contribution in [2.75, 3.05) is 0 Å². The van der Waals surface area contributed by atoms with Gasteiger partial charge < -0.3 is 5.11 Å². The number of aromatic nitrogens is 2. The minimum absolute atomic E-state index is 0.0184. The first-order valence-corrected chi connectivity index (χ1v) is 5.68. The SMILES string of the molecule is CC(C)c1nc2c(c(CC(=O)O)n1)CCC2. The zero-order valence-corrected chi connectivity index (χ0v) is 9.66. The number of carboxylic acids is 1. The van der Waals surface area contributed by atoms with E-state index in [1.807, 2.05) is 13.8 Å². The Balaban J connectivity index is 2.45. The van der Waals surface area contributed by atoms with Crippen molar-refractivity contribution < 1.29 is 9.90 Å². The predicted octanol–water partition coefficient (Wildman–Crippen LogP) is 1.72. The number of nitrogens with zero attached hydrogens (tertiary/aromatic N) is 2. The molecule has 0 bridgehead atoms. The van der Waals surface area contributed by atoms with E-state index in [1.165, 1.54) is 0 Å². The molecule has 1 N–H and O–H groups in total. The molecule has 2 rings (SSSR count). The van der Waals surface area contributed by atoms with E-state index < -0.39 is 5.97 Å². The van der Waals surface area contributed by atoms with E-state index >= 15 is 0 Å². The molecule has 0 saturated heterocycles. The number of fused-ring (bicyclic) bond motifs is 1. The van der Waals surface area contributed by atoms with Crippen molar-refractivity contribution in [1.82, 2.24) is 9.97 Å². The molecule has 1 aliphatic carbocycles. The van der Waals surface area contributed by atoms with Crippen LogP contribution < -0.4 is 0 Å². The summed E-state index contributed by atoms with van der Waals surface area (Å²) in [6, 6.07) is 0. The lowest BCUT2D eigenvalue weighted by Crippen LogP contribution is -2.11. The van der Waals surface area contributed by atoms with Gasteiger partial charge in [0.1, 0.15) is 5.82 Å². The molecule has 16 heavy (non-hydrogen) atoms. The fourth-order valence-electron chi connectivity index (χ4n) is 2.08. The third kappa shape index (κ3) is 2.05. The van der Waals surface area contributed by atoms with Gasteiger partial charge in [0.05, 0.1) is 12.1 Å². The molecule has 0 aromatic carbocycles. The van der Waals surface area contributed by atoms with Gasteiger partial charge in [0, 0.05) is 11.6 Å². The highest BCUT2D eigenvalue weighted by molar-refractivity contribution is 5.70. The fraction of sp³-hybridized carbons (Fsp3) is 0.583. The standard InChI is InChI=1S/C12H16N2O2/c1-7(2)12-13-9-5-3-4-8(9)10(14-12)6-11(15)16/h7H,3-6H2,1-2H3,(H,15,16). The molecule has 1 aromatic heterocycles. The fourth-order valence-corrected chi connectivity index (χ4v) is 2.08. The van der Waals surface area contributed by atoms with Crippen LogP contribution in [0.25, 0.3) is 0 Å². The van der Waals surface area contributed by atoms with Gasteiger partial charge in [-0.2, -0.15) is 0 Å². The van der Waals surface area contributed by atoms with Gasteiger partial charge in [-0.3, -0.25) is 4.79 Å². The number of rotatable bonds is 3. The third-order valence-corrected chi connectivity index (χ3v) is 2.87. The van der Waals surface area contributed by atoms with Crippen LogP contribution in [0.5, 0.6) is 0 Å². The molecular weight excluding hydrogens is 204 g/mol. The number of aryl methyl sites for hydroxylation is 1. The van der Waals surface area contributed by atoms with Crippen LogP contribution in [0.15, 0.2) is 0 Å². The number of carbonyl (C=O) groups is 1. The molecule has 1 aliphatic rings. The minimum Gasteiger partial charge on any atom is -0.481 e. The minimum atomic E-state index is -0.817. The lowest BCUT2D eigenvalue weighted by Gasteiger charge is -2.10. The molecule has 4 heteroatoms. The number of hydrogen-bond acceptors (Lipinski definition) is 3. The molecule has 0 saturated carbocycles. The third-order valence-electron chi connectivity index (χ3n) is 2.87. The van der Waals surface area contributed by atoms with Crippen LogP contribution in [0.2, 0.25) is 0 Å². The monoisotopic (exact) mass is 220 g/mol. The van der Waals surface area contributed by atoms with Crippen molar-refractivity contribution in [2.24, 2.45) is 0 Å². The Labute approximate surface area is 94.7 Å². The number of hydrogen-bond donors (Lipinski definition) is 1. The Kier molecular flexibility index (Phi) is 2.90. The Bertz CT molecular complexity index is 427. The summed E-state index contributed by atoms with van der Waals surface area (Å²) in [5.74, 6) is 0.206. The highest BCUT2D eigenvalue weighted by Gasteiger charge is 2.21. The van der Waals surface area contributed by atoms with Crippen molar-refractivity contribution in [3.8, 4) is 0 Å². The Morgan fingerprint density at radius 1 is 1.38 bits per heavy atom. The van der Waals surface area contributed by atoms with Crippen molar-refractivity contribution in [2.45, 2.75) is 45.4 Å². The van der Waals surface area contributed by atoms with Gasteiger partial charge in [0.25, 0.3) is 0 Å². The summed E-state index contributed by atoms with van der Waals surface area (Å²) in [7, 11) is 0. The zero-order chi connectivity index (χ0) is 11.7. The molecule has 0 unspecified atom stereocenters. The summed E-state index contributed by atoms with van der Waals surface area (Å²) in [5.41, 5.74) is 2.86. The average molecular weight is 220 g/mol. The Morgan fingerprint density at radius 3 is 2.75 bits per heavy atom. The average Bonchev–Trinajstić information content (AvgIpc) is 2.64. The maximum absolute atomic E-state index is 10.8. The highest BCUT2D eigenvalue weighted by atomic mass is 16.4. The molecule has 0 radical (unpaired) electrons. The summed E-state index contributed by atoms with van der Waals surface area (Å²) in [6.45, 7) is 4.06. The van der Waals surface area contributed by atoms with Gasteiger partial charge in [-0.1, -0.05) is 13.8 Å². The first-order chi connectivity index (χ1) is 7.58. The van der Waals surface area contributed by atoms with Gasteiger partial charge in [0.2, 0.25) is 0 Å². The molecular formula is C12H16N2O2. The van der Waals surface area contributed by atoms with Crippen molar-refractivity contribution >= 4 is 5.97 Å². The largest absolute Gasteiger partial charge is 0.481 e. The molecule has 4 nitrogen and oxygen atoms in total. The normalized spacial score (nSPS) is 14.2. The summed E-state index contributed by atoms with van der Waals surface area (Å²) in [4.78, 5) is 19.7. The molecule has 1 aromatic rings. The summed E-state index contributed by atoms with van der Waals surface area (Å²) in [6.07, 6.45) is 2.98. The number of carboxylic acid groups (broad SMARTS) is 1. The molecule has 0 spiro atoms. The predicted molar refractivity (Wildman–Crippen MR) is 59.5 cm³/mol. The van der Waals surface area contributed by atoms with Gasteiger partial charge in [0.15, 0.2) is 0 Å². The topological polar surface area (TPSA) is 63.1 Å². The van der Waals surface area contributed by atoms with Crippen LogP contribution in [0.4, 0.5) is 0 Å². The van der Waals surface area contributed by atoms with E-state index in [2.05, 4.69) is 9.97 Å². The molecule has 0 amide bonds. The second kappa shape index (κ2) is 4.20. The molecule has 1 heterocycles. The van der Waals surface area contributed by atoms with Gasteiger partial charge in [-0.25, -0.2) is 9.97 Å². The summed E-state index contributed by atoms with van der Waals surface area (Å²) >= 11 is 0. The van der Waals surface area contributed by atoms with E-state index in [9.17, 15) is 4.79 Å². The lowest BCUT2D eigenvalue weighted by molar-refractivity contribution is -0.136. The first-order valence-electron chi connectivity index (χ1n) is 5.68. The van der Waals surface area contributed by atoms with Crippen molar-refractivity contribution in [3.05, 3.63) is 22.8 Å². The van der Waals surface area contributed by atoms with Crippen LogP contribution in [0.3, 0.4) is 0 Å². The second-order valence-electron chi connectivity index (χ2n) is 4.53. The number of aliphatic carboxylic acids is 1. The van der Waals surface area contributed by atoms with Gasteiger partial charge >= 0.3 is 5.97 Å². The van der Waals surface area contributed by atoms with E-state index in [1.54, 1.807) is 0 Å². The Morgan fingerprint density at radius 2 is 2.12 bits per heavy atom. The second-order valence-corrected chi connectivity index (χ2v) is 4.53. The van der Waals surface area contributed by atoms with Crippen molar-refractivity contribution in [1.29, 1.82) is 0 Å².